The van der Waals surface area contributed by atoms with Gasteiger partial charge in [-0.25, -0.2) is 4.98 Å². The molecule has 100 valence electrons. The third-order valence-corrected chi connectivity index (χ3v) is 2.38. The molecule has 0 bridgehead atoms. The number of hydrogen-bond donors (Lipinski definition) is 1. The van der Waals surface area contributed by atoms with E-state index in [0.29, 0.717) is 34.8 Å². The third kappa shape index (κ3) is 3.25. The fraction of sp³-hybridized carbons (Fsp3) is 0.231. The van der Waals surface area contributed by atoms with Gasteiger partial charge in [0.1, 0.15) is 28.9 Å². The SMILES string of the molecule is COc1cc(OC)cc(Oc2cc(N)nc(C)n2)c1. The minimum absolute atomic E-state index is 0.359. The van der Waals surface area contributed by atoms with Crippen LogP contribution in [0.4, 0.5) is 5.82 Å². The second-order valence-corrected chi connectivity index (χ2v) is 3.83. The van der Waals surface area contributed by atoms with Crippen LogP contribution < -0.4 is 19.9 Å². The van der Waals surface area contributed by atoms with Crippen molar-refractivity contribution in [2.24, 2.45) is 0 Å². The Morgan fingerprint density at radius 3 is 2.00 bits per heavy atom. The van der Waals surface area contributed by atoms with Gasteiger partial charge in [0.05, 0.1) is 14.2 Å². The number of anilines is 1. The van der Waals surface area contributed by atoms with Crippen molar-refractivity contribution in [3.63, 3.8) is 0 Å². The molecule has 0 saturated carbocycles. The van der Waals surface area contributed by atoms with Gasteiger partial charge in [-0.1, -0.05) is 0 Å². The number of benzene rings is 1. The number of hydrogen-bond acceptors (Lipinski definition) is 6. The molecule has 0 aliphatic heterocycles. The molecule has 0 unspecified atom stereocenters. The normalized spacial score (nSPS) is 10.1. The molecular weight excluding hydrogens is 246 g/mol. The zero-order valence-corrected chi connectivity index (χ0v) is 11.0. The van der Waals surface area contributed by atoms with Crippen LogP contribution in [0.25, 0.3) is 0 Å². The first kappa shape index (κ1) is 12.9. The van der Waals surface area contributed by atoms with E-state index < -0.39 is 0 Å². The smallest absolute Gasteiger partial charge is 0.224 e. The van der Waals surface area contributed by atoms with Crippen molar-refractivity contribution in [1.82, 2.24) is 9.97 Å². The molecule has 19 heavy (non-hydrogen) atoms. The van der Waals surface area contributed by atoms with Crippen LogP contribution in [0.1, 0.15) is 5.82 Å². The van der Waals surface area contributed by atoms with Crippen LogP contribution >= 0.6 is 0 Å². The summed E-state index contributed by atoms with van der Waals surface area (Å²) in [5, 5.41) is 0. The summed E-state index contributed by atoms with van der Waals surface area (Å²) >= 11 is 0. The Morgan fingerprint density at radius 2 is 1.47 bits per heavy atom. The summed E-state index contributed by atoms with van der Waals surface area (Å²) < 4.78 is 16.0. The second-order valence-electron chi connectivity index (χ2n) is 3.83. The summed E-state index contributed by atoms with van der Waals surface area (Å²) in [6.45, 7) is 1.75. The van der Waals surface area contributed by atoms with Crippen LogP contribution in [0.2, 0.25) is 0 Å². The highest BCUT2D eigenvalue weighted by Crippen LogP contribution is 2.30. The van der Waals surface area contributed by atoms with E-state index in [1.165, 1.54) is 0 Å². The van der Waals surface area contributed by atoms with Gasteiger partial charge in [0.2, 0.25) is 5.88 Å². The van der Waals surface area contributed by atoms with Gasteiger partial charge in [0.25, 0.3) is 0 Å². The lowest BCUT2D eigenvalue weighted by atomic mass is 10.3. The van der Waals surface area contributed by atoms with Gasteiger partial charge in [-0.05, 0) is 6.92 Å². The largest absolute Gasteiger partial charge is 0.496 e. The molecule has 0 atom stereocenters. The maximum Gasteiger partial charge on any atom is 0.224 e. The molecule has 2 aromatic rings. The van der Waals surface area contributed by atoms with Crippen LogP contribution in [0.15, 0.2) is 24.3 Å². The molecule has 1 aromatic carbocycles. The highest BCUT2D eigenvalue weighted by Gasteiger charge is 2.06. The molecule has 0 radical (unpaired) electrons. The van der Waals surface area contributed by atoms with Gasteiger partial charge in [0, 0.05) is 24.3 Å². The number of nitrogens with zero attached hydrogens (tertiary/aromatic N) is 2. The average Bonchev–Trinajstić information content (AvgIpc) is 2.37. The van der Waals surface area contributed by atoms with Crippen molar-refractivity contribution >= 4 is 5.82 Å². The summed E-state index contributed by atoms with van der Waals surface area (Å²) in [7, 11) is 3.15. The molecule has 0 aliphatic carbocycles. The predicted octanol–water partition coefficient (Wildman–Crippen LogP) is 2.18. The van der Waals surface area contributed by atoms with E-state index in [9.17, 15) is 0 Å². The standard InChI is InChI=1S/C13H15N3O3/c1-8-15-12(14)7-13(16-8)19-11-5-9(17-2)4-10(6-11)18-3/h4-7H,1-3H3,(H2,14,15,16). The molecular formula is C13H15N3O3. The highest BCUT2D eigenvalue weighted by atomic mass is 16.5. The number of rotatable bonds is 4. The quantitative estimate of drug-likeness (QED) is 0.908. The Hall–Kier alpha value is -2.50. The van der Waals surface area contributed by atoms with E-state index in [4.69, 9.17) is 19.9 Å². The van der Waals surface area contributed by atoms with E-state index >= 15 is 0 Å². The summed E-state index contributed by atoms with van der Waals surface area (Å²) in [5.74, 6) is 3.09. The summed E-state index contributed by atoms with van der Waals surface area (Å²) in [6.07, 6.45) is 0. The number of methoxy groups -OCH3 is 2. The third-order valence-electron chi connectivity index (χ3n) is 2.38. The number of aromatic nitrogens is 2. The van der Waals surface area contributed by atoms with Gasteiger partial charge < -0.3 is 19.9 Å². The zero-order valence-electron chi connectivity index (χ0n) is 11.0. The van der Waals surface area contributed by atoms with Gasteiger partial charge in [-0.15, -0.1) is 0 Å². The monoisotopic (exact) mass is 261 g/mol. The summed E-state index contributed by atoms with van der Waals surface area (Å²) in [5.41, 5.74) is 5.64. The molecule has 2 rings (SSSR count). The van der Waals surface area contributed by atoms with Gasteiger partial charge in [-0.3, -0.25) is 0 Å². The van der Waals surface area contributed by atoms with Crippen molar-refractivity contribution in [2.75, 3.05) is 20.0 Å². The van der Waals surface area contributed by atoms with Crippen molar-refractivity contribution in [1.29, 1.82) is 0 Å². The van der Waals surface area contributed by atoms with Gasteiger partial charge in [0.15, 0.2) is 0 Å². The molecule has 1 heterocycles. The van der Waals surface area contributed by atoms with Gasteiger partial charge in [-0.2, -0.15) is 4.98 Å². The molecule has 6 heteroatoms. The van der Waals surface area contributed by atoms with Crippen LogP contribution in [-0.2, 0) is 0 Å². The fourth-order valence-electron chi connectivity index (χ4n) is 1.58. The zero-order chi connectivity index (χ0) is 13.8. The molecule has 0 aliphatic rings. The first-order valence-corrected chi connectivity index (χ1v) is 5.63. The minimum Gasteiger partial charge on any atom is -0.496 e. The second kappa shape index (κ2) is 5.43. The van der Waals surface area contributed by atoms with Crippen molar-refractivity contribution < 1.29 is 14.2 Å². The van der Waals surface area contributed by atoms with E-state index in [2.05, 4.69) is 9.97 Å². The number of nitrogen functional groups attached to an aromatic ring is 1. The van der Waals surface area contributed by atoms with Crippen molar-refractivity contribution in [2.45, 2.75) is 6.92 Å². The average molecular weight is 261 g/mol. The maximum atomic E-state index is 5.64. The van der Waals surface area contributed by atoms with Crippen molar-refractivity contribution in [3.05, 3.63) is 30.1 Å². The summed E-state index contributed by atoms with van der Waals surface area (Å²) in [4.78, 5) is 8.13. The lowest BCUT2D eigenvalue weighted by molar-refractivity contribution is 0.385. The van der Waals surface area contributed by atoms with E-state index in [-0.39, 0.29) is 0 Å². The van der Waals surface area contributed by atoms with Crippen LogP contribution in [0, 0.1) is 6.92 Å². The van der Waals surface area contributed by atoms with Crippen LogP contribution in [-0.4, -0.2) is 24.2 Å². The van der Waals surface area contributed by atoms with Crippen LogP contribution in [0.5, 0.6) is 23.1 Å². The molecule has 0 saturated heterocycles. The van der Waals surface area contributed by atoms with Crippen LogP contribution in [0.3, 0.4) is 0 Å². The maximum absolute atomic E-state index is 5.64. The number of nitrogens with two attached hydrogens (primary N) is 1. The Balaban J connectivity index is 2.31. The Bertz CT molecular complexity index is 545. The lowest BCUT2D eigenvalue weighted by Gasteiger charge is -2.09. The number of aryl methyl sites for hydroxylation is 1. The Labute approximate surface area is 111 Å². The van der Waals surface area contributed by atoms with Crippen molar-refractivity contribution in [3.8, 4) is 23.1 Å². The number of ether oxygens (including phenoxy) is 3. The molecule has 0 amide bonds. The fourth-order valence-corrected chi connectivity index (χ4v) is 1.58. The first-order valence-electron chi connectivity index (χ1n) is 5.63. The van der Waals surface area contributed by atoms with E-state index in [0.717, 1.165) is 0 Å². The summed E-state index contributed by atoms with van der Waals surface area (Å²) in [6, 6.07) is 6.78. The molecule has 6 nitrogen and oxygen atoms in total. The Kier molecular flexibility index (Phi) is 3.70. The van der Waals surface area contributed by atoms with E-state index in [1.807, 2.05) is 0 Å². The minimum atomic E-state index is 0.359. The molecule has 0 fully saturated rings. The lowest BCUT2D eigenvalue weighted by Crippen LogP contribution is -1.98. The first-order chi connectivity index (χ1) is 9.10. The molecule has 0 spiro atoms. The van der Waals surface area contributed by atoms with Gasteiger partial charge >= 0.3 is 0 Å². The molecule has 2 N–H and O–H groups in total. The van der Waals surface area contributed by atoms with E-state index in [1.54, 1.807) is 45.4 Å². The topological polar surface area (TPSA) is 79.5 Å². The Morgan fingerprint density at radius 1 is 0.895 bits per heavy atom. The predicted molar refractivity (Wildman–Crippen MR) is 70.8 cm³/mol. The molecule has 1 aromatic heterocycles. The highest BCUT2D eigenvalue weighted by molar-refractivity contribution is 5.44.